The van der Waals surface area contributed by atoms with Crippen LogP contribution in [-0.2, 0) is 13.7 Å². The lowest BCUT2D eigenvalue weighted by Crippen LogP contribution is -2.29. The lowest BCUT2D eigenvalue weighted by atomic mass is 9.93. The molecule has 2 N–H and O–H groups in total. The van der Waals surface area contributed by atoms with Crippen LogP contribution in [0.2, 0.25) is 0 Å². The Balaban J connectivity index is 1.57. The van der Waals surface area contributed by atoms with Crippen molar-refractivity contribution in [1.29, 1.82) is 0 Å². The number of pyridine rings is 2. The van der Waals surface area contributed by atoms with E-state index in [2.05, 4.69) is 43.3 Å². The number of nitrogens with zero attached hydrogens (tertiary/aromatic N) is 2. The van der Waals surface area contributed by atoms with Crippen LogP contribution in [0.1, 0.15) is 56.2 Å². The predicted molar refractivity (Wildman–Crippen MR) is 170 cm³/mol. The van der Waals surface area contributed by atoms with Gasteiger partial charge in [0, 0.05) is 29.9 Å². The molecule has 0 atom stereocenters. The smallest absolute Gasteiger partial charge is 0.323 e. The molecular formula is C35H36N4O3. The highest BCUT2D eigenvalue weighted by atomic mass is 16.5. The summed E-state index contributed by atoms with van der Waals surface area (Å²) in [6.07, 6.45) is 1.65. The van der Waals surface area contributed by atoms with Crippen molar-refractivity contribution < 1.29 is 9.53 Å². The van der Waals surface area contributed by atoms with Crippen LogP contribution < -0.4 is 20.9 Å². The number of carbonyl (C=O) groups is 1. The molecule has 0 fully saturated rings. The molecule has 2 aromatic heterocycles. The van der Waals surface area contributed by atoms with Crippen LogP contribution in [0.3, 0.4) is 0 Å². The van der Waals surface area contributed by atoms with Crippen molar-refractivity contribution in [1.82, 2.24) is 9.55 Å². The van der Waals surface area contributed by atoms with Crippen LogP contribution in [0.5, 0.6) is 5.75 Å². The molecule has 7 heteroatoms. The van der Waals surface area contributed by atoms with Gasteiger partial charge in [-0.2, -0.15) is 0 Å². The second-order valence-corrected chi connectivity index (χ2v) is 11.0. The van der Waals surface area contributed by atoms with E-state index < -0.39 is 6.03 Å². The number of aryl methyl sites for hydroxylation is 1. The maximum absolute atomic E-state index is 13.8. The minimum absolute atomic E-state index is 0.170. The van der Waals surface area contributed by atoms with Crippen molar-refractivity contribution in [3.05, 3.63) is 118 Å². The number of fused-ring (bicyclic) bond motifs is 1. The predicted octanol–water partition coefficient (Wildman–Crippen LogP) is 8.07. The molecule has 5 aromatic rings. The molecule has 0 aliphatic heterocycles. The number of nitrogens with one attached hydrogen (secondary N) is 2. The fourth-order valence-corrected chi connectivity index (χ4v) is 5.22. The first-order valence-corrected chi connectivity index (χ1v) is 14.2. The highest BCUT2D eigenvalue weighted by molar-refractivity contribution is 6.07. The van der Waals surface area contributed by atoms with Crippen molar-refractivity contribution in [2.45, 2.75) is 46.1 Å². The van der Waals surface area contributed by atoms with E-state index in [1.165, 1.54) is 4.57 Å². The van der Waals surface area contributed by atoms with Gasteiger partial charge in [-0.3, -0.25) is 9.36 Å². The third kappa shape index (κ3) is 5.91. The standard InChI is InChI=1S/C35H36N4O3/c1-22(2)27-16-10-17-28(23(3)4)31(27)37-35(41)38-32-30(29-18-11-19-36-33(29)39(5)34(32)40)25-14-9-15-26(20-25)42-21-24-12-7-6-8-13-24/h6-20,22-23H,21H2,1-5H3,(H2,37,38,41). The van der Waals surface area contributed by atoms with Gasteiger partial charge in [-0.05, 0) is 58.4 Å². The summed E-state index contributed by atoms with van der Waals surface area (Å²) in [5.41, 5.74) is 5.55. The van der Waals surface area contributed by atoms with E-state index in [4.69, 9.17) is 4.74 Å². The van der Waals surface area contributed by atoms with Gasteiger partial charge < -0.3 is 15.4 Å². The summed E-state index contributed by atoms with van der Waals surface area (Å²) in [4.78, 5) is 31.9. The number of anilines is 2. The summed E-state index contributed by atoms with van der Waals surface area (Å²) < 4.78 is 7.56. The molecule has 0 bridgehead atoms. The highest BCUT2D eigenvalue weighted by Crippen LogP contribution is 2.36. The number of ether oxygens (including phenoxy) is 1. The molecule has 2 heterocycles. The normalized spacial score (nSPS) is 11.2. The quantitative estimate of drug-likeness (QED) is 0.201. The molecule has 3 aromatic carbocycles. The molecule has 0 saturated carbocycles. The van der Waals surface area contributed by atoms with Crippen molar-refractivity contribution in [3.8, 4) is 16.9 Å². The minimum atomic E-state index is -0.483. The maximum Gasteiger partial charge on any atom is 0.323 e. The Morgan fingerprint density at radius 2 is 1.50 bits per heavy atom. The first-order valence-electron chi connectivity index (χ1n) is 14.2. The van der Waals surface area contributed by atoms with Gasteiger partial charge in [0.05, 0.1) is 0 Å². The summed E-state index contributed by atoms with van der Waals surface area (Å²) in [6, 6.07) is 26.8. The van der Waals surface area contributed by atoms with Gasteiger partial charge in [-0.25, -0.2) is 9.78 Å². The highest BCUT2D eigenvalue weighted by Gasteiger charge is 2.22. The zero-order chi connectivity index (χ0) is 29.8. The Bertz CT molecular complexity index is 1770. The van der Waals surface area contributed by atoms with E-state index in [1.54, 1.807) is 13.2 Å². The van der Waals surface area contributed by atoms with Crippen LogP contribution in [0.15, 0.2) is 95.9 Å². The number of hydrogen-bond donors (Lipinski definition) is 2. The fraction of sp³-hybridized carbons (Fsp3) is 0.229. The summed E-state index contributed by atoms with van der Waals surface area (Å²) >= 11 is 0. The van der Waals surface area contributed by atoms with Gasteiger partial charge in [-0.1, -0.05) is 88.4 Å². The average molecular weight is 561 g/mol. The molecule has 5 rings (SSSR count). The topological polar surface area (TPSA) is 85.2 Å². The molecule has 42 heavy (non-hydrogen) atoms. The van der Waals surface area contributed by atoms with Crippen LogP contribution in [0, 0.1) is 0 Å². The van der Waals surface area contributed by atoms with Gasteiger partial charge in [0.15, 0.2) is 0 Å². The van der Waals surface area contributed by atoms with E-state index in [0.717, 1.165) is 33.3 Å². The van der Waals surface area contributed by atoms with E-state index in [9.17, 15) is 9.59 Å². The molecule has 0 spiro atoms. The Labute approximate surface area is 246 Å². The van der Waals surface area contributed by atoms with Gasteiger partial charge in [0.25, 0.3) is 5.56 Å². The minimum Gasteiger partial charge on any atom is -0.489 e. The number of aromatic nitrogens is 2. The zero-order valence-electron chi connectivity index (χ0n) is 24.6. The first-order chi connectivity index (χ1) is 20.2. The molecular weight excluding hydrogens is 524 g/mol. The molecule has 0 unspecified atom stereocenters. The first kappa shape index (κ1) is 28.6. The van der Waals surface area contributed by atoms with Gasteiger partial charge in [-0.15, -0.1) is 0 Å². The van der Waals surface area contributed by atoms with Crippen molar-refractivity contribution >= 4 is 28.4 Å². The molecule has 0 radical (unpaired) electrons. The Morgan fingerprint density at radius 3 is 2.19 bits per heavy atom. The molecule has 214 valence electrons. The van der Waals surface area contributed by atoms with Gasteiger partial charge in [0.2, 0.25) is 0 Å². The number of rotatable bonds is 8. The van der Waals surface area contributed by atoms with E-state index >= 15 is 0 Å². The van der Waals surface area contributed by atoms with Crippen LogP contribution >= 0.6 is 0 Å². The van der Waals surface area contributed by atoms with E-state index in [1.807, 2.05) is 84.9 Å². The number of benzene rings is 3. The van der Waals surface area contributed by atoms with Crippen LogP contribution in [-0.4, -0.2) is 15.6 Å². The van der Waals surface area contributed by atoms with Crippen LogP contribution in [0.25, 0.3) is 22.2 Å². The van der Waals surface area contributed by atoms with Crippen molar-refractivity contribution in [2.75, 3.05) is 10.6 Å². The maximum atomic E-state index is 13.8. The average Bonchev–Trinajstić information content (AvgIpc) is 2.99. The zero-order valence-corrected chi connectivity index (χ0v) is 24.6. The summed E-state index contributed by atoms with van der Waals surface area (Å²) in [5, 5.41) is 6.73. The van der Waals surface area contributed by atoms with Crippen molar-refractivity contribution in [2.24, 2.45) is 7.05 Å². The third-order valence-electron chi connectivity index (χ3n) is 7.36. The lowest BCUT2D eigenvalue weighted by Gasteiger charge is -2.21. The Kier molecular flexibility index (Phi) is 8.38. The van der Waals surface area contributed by atoms with Gasteiger partial charge >= 0.3 is 6.03 Å². The number of amides is 2. The Hall–Kier alpha value is -4.91. The number of hydrogen-bond acceptors (Lipinski definition) is 4. The second-order valence-electron chi connectivity index (χ2n) is 11.0. The van der Waals surface area contributed by atoms with Crippen LogP contribution in [0.4, 0.5) is 16.2 Å². The van der Waals surface area contributed by atoms with E-state index in [-0.39, 0.29) is 23.1 Å². The Morgan fingerprint density at radius 1 is 0.833 bits per heavy atom. The molecule has 0 saturated heterocycles. The fourth-order valence-electron chi connectivity index (χ4n) is 5.22. The molecule has 7 nitrogen and oxygen atoms in total. The molecule has 2 amide bonds. The SMILES string of the molecule is CC(C)c1cccc(C(C)C)c1NC(=O)Nc1c(-c2cccc(OCc3ccccc3)c2)c2cccnc2n(C)c1=O. The van der Waals surface area contributed by atoms with Crippen molar-refractivity contribution in [3.63, 3.8) is 0 Å². The molecule has 0 aliphatic rings. The largest absolute Gasteiger partial charge is 0.489 e. The number of carbonyl (C=O) groups excluding carboxylic acids is 1. The third-order valence-corrected chi connectivity index (χ3v) is 7.36. The number of para-hydroxylation sites is 1. The van der Waals surface area contributed by atoms with E-state index in [0.29, 0.717) is 23.6 Å². The molecule has 0 aliphatic carbocycles. The lowest BCUT2D eigenvalue weighted by molar-refractivity contribution is 0.262. The summed E-state index contributed by atoms with van der Waals surface area (Å²) in [6.45, 7) is 8.79. The number of urea groups is 1. The summed E-state index contributed by atoms with van der Waals surface area (Å²) in [5.74, 6) is 1.05. The van der Waals surface area contributed by atoms with Gasteiger partial charge in [0.1, 0.15) is 23.7 Å². The monoisotopic (exact) mass is 560 g/mol. The summed E-state index contributed by atoms with van der Waals surface area (Å²) in [7, 11) is 1.66. The second kappa shape index (κ2) is 12.3.